The largest absolute Gasteiger partial charge is 0.465 e. The van der Waals surface area contributed by atoms with Crippen LogP contribution in [-0.4, -0.2) is 18.3 Å². The average Bonchev–Trinajstić information content (AvgIpc) is 2.25. The predicted molar refractivity (Wildman–Crippen MR) is 59.2 cm³/mol. The highest BCUT2D eigenvalue weighted by Gasteiger charge is 2.08. The van der Waals surface area contributed by atoms with Crippen molar-refractivity contribution < 1.29 is 18.3 Å². The van der Waals surface area contributed by atoms with Crippen LogP contribution in [0.5, 0.6) is 0 Å². The number of halogens is 2. The summed E-state index contributed by atoms with van der Waals surface area (Å²) in [7, 11) is 0. The van der Waals surface area contributed by atoms with Crippen LogP contribution >= 0.6 is 11.8 Å². The van der Waals surface area contributed by atoms with Crippen molar-refractivity contribution in [1.29, 1.82) is 0 Å². The molecule has 0 amide bonds. The lowest BCUT2D eigenvalue weighted by Crippen LogP contribution is -2.07. The zero-order valence-electron chi connectivity index (χ0n) is 8.83. The van der Waals surface area contributed by atoms with Crippen molar-refractivity contribution in [3.63, 3.8) is 0 Å². The van der Waals surface area contributed by atoms with E-state index >= 15 is 0 Å². The van der Waals surface area contributed by atoms with Gasteiger partial charge in [-0.1, -0.05) is 12.1 Å². The topological polar surface area (TPSA) is 26.3 Å². The fourth-order valence-electron chi connectivity index (χ4n) is 1.11. The minimum Gasteiger partial charge on any atom is -0.465 e. The summed E-state index contributed by atoms with van der Waals surface area (Å²) in [5, 5.41) is 0. The number of benzene rings is 1. The molecular formula is C11H12F2O2S. The maximum atomic E-state index is 13.2. The molecule has 0 aromatic heterocycles. The molecule has 1 rings (SSSR count). The van der Waals surface area contributed by atoms with Crippen molar-refractivity contribution in [3.05, 3.63) is 35.4 Å². The van der Waals surface area contributed by atoms with Crippen LogP contribution in [0.15, 0.2) is 18.2 Å². The standard InChI is InChI=1S/C11H12F2O2S/c1-2-15-10(14)7-16-6-8-4-3-5-9(12)11(8)13/h3-5H,2,6-7H2,1H3. The van der Waals surface area contributed by atoms with Gasteiger partial charge in [-0.3, -0.25) is 4.79 Å². The summed E-state index contributed by atoms with van der Waals surface area (Å²) in [5.41, 5.74) is 0.259. The highest BCUT2D eigenvalue weighted by molar-refractivity contribution is 7.99. The second kappa shape index (κ2) is 6.48. The highest BCUT2D eigenvalue weighted by atomic mass is 32.2. The van der Waals surface area contributed by atoms with Crippen molar-refractivity contribution in [1.82, 2.24) is 0 Å². The molecule has 1 aromatic carbocycles. The third-order valence-corrected chi connectivity index (χ3v) is 2.77. The van der Waals surface area contributed by atoms with Gasteiger partial charge in [0.1, 0.15) is 0 Å². The molecule has 5 heteroatoms. The number of carbonyl (C=O) groups excluding carboxylic acids is 1. The van der Waals surface area contributed by atoms with Gasteiger partial charge >= 0.3 is 5.97 Å². The molecular weight excluding hydrogens is 234 g/mol. The predicted octanol–water partition coefficient (Wildman–Crippen LogP) is 2.76. The fourth-order valence-corrected chi connectivity index (χ4v) is 1.90. The van der Waals surface area contributed by atoms with E-state index in [-0.39, 0.29) is 23.0 Å². The number of esters is 1. The Labute approximate surface area is 97.0 Å². The lowest BCUT2D eigenvalue weighted by Gasteiger charge is -2.04. The maximum Gasteiger partial charge on any atom is 0.315 e. The van der Waals surface area contributed by atoms with Crippen LogP contribution in [0.3, 0.4) is 0 Å². The van der Waals surface area contributed by atoms with Crippen LogP contribution in [0, 0.1) is 11.6 Å². The van der Waals surface area contributed by atoms with E-state index < -0.39 is 11.6 Å². The first kappa shape index (κ1) is 13.0. The fraction of sp³-hybridized carbons (Fsp3) is 0.364. The van der Waals surface area contributed by atoms with Crippen molar-refractivity contribution in [2.75, 3.05) is 12.4 Å². The van der Waals surface area contributed by atoms with Gasteiger partial charge in [0.2, 0.25) is 0 Å². The van der Waals surface area contributed by atoms with E-state index in [4.69, 9.17) is 4.74 Å². The van der Waals surface area contributed by atoms with Gasteiger partial charge in [0.15, 0.2) is 11.6 Å². The number of hydrogen-bond donors (Lipinski definition) is 0. The van der Waals surface area contributed by atoms with E-state index in [2.05, 4.69) is 0 Å². The van der Waals surface area contributed by atoms with Gasteiger partial charge in [0, 0.05) is 11.3 Å². The van der Waals surface area contributed by atoms with Crippen LogP contribution < -0.4 is 0 Å². The first-order valence-electron chi connectivity index (χ1n) is 4.81. The van der Waals surface area contributed by atoms with Gasteiger partial charge in [0.05, 0.1) is 12.4 Å². The minimum absolute atomic E-state index is 0.143. The van der Waals surface area contributed by atoms with Gasteiger partial charge in [-0.25, -0.2) is 8.78 Å². The Kier molecular flexibility index (Phi) is 5.25. The highest BCUT2D eigenvalue weighted by Crippen LogP contribution is 2.17. The van der Waals surface area contributed by atoms with E-state index in [1.165, 1.54) is 23.9 Å². The molecule has 0 atom stereocenters. The normalized spacial score (nSPS) is 10.2. The number of ether oxygens (including phenoxy) is 1. The first-order chi connectivity index (χ1) is 7.65. The SMILES string of the molecule is CCOC(=O)CSCc1cccc(F)c1F. The molecule has 88 valence electrons. The van der Waals surface area contributed by atoms with Crippen molar-refractivity contribution in [3.8, 4) is 0 Å². The van der Waals surface area contributed by atoms with Crippen molar-refractivity contribution in [2.45, 2.75) is 12.7 Å². The maximum absolute atomic E-state index is 13.2. The van der Waals surface area contributed by atoms with E-state index in [1.807, 2.05) is 0 Å². The summed E-state index contributed by atoms with van der Waals surface area (Å²) in [6, 6.07) is 4.00. The molecule has 0 fully saturated rings. The molecule has 2 nitrogen and oxygen atoms in total. The molecule has 0 saturated carbocycles. The summed E-state index contributed by atoms with van der Waals surface area (Å²) in [6.07, 6.45) is 0. The molecule has 0 spiro atoms. The van der Waals surface area contributed by atoms with E-state index in [9.17, 15) is 13.6 Å². The van der Waals surface area contributed by atoms with Gasteiger partial charge < -0.3 is 4.74 Å². The van der Waals surface area contributed by atoms with Crippen molar-refractivity contribution >= 4 is 17.7 Å². The molecule has 0 radical (unpaired) electrons. The number of carbonyl (C=O) groups is 1. The number of thioether (sulfide) groups is 1. The molecule has 0 aliphatic rings. The van der Waals surface area contributed by atoms with Gasteiger partial charge in [-0.05, 0) is 13.0 Å². The molecule has 0 heterocycles. The Bertz CT molecular complexity index is 369. The average molecular weight is 246 g/mol. The third-order valence-electron chi connectivity index (χ3n) is 1.81. The summed E-state index contributed by atoms with van der Waals surface area (Å²) in [6.45, 7) is 2.04. The Morgan fingerprint density at radius 2 is 2.19 bits per heavy atom. The smallest absolute Gasteiger partial charge is 0.315 e. The van der Waals surface area contributed by atoms with Crippen molar-refractivity contribution in [2.24, 2.45) is 0 Å². The second-order valence-electron chi connectivity index (χ2n) is 3.01. The Hall–Kier alpha value is -1.10. The molecule has 0 aliphatic heterocycles. The minimum atomic E-state index is -0.866. The number of hydrogen-bond acceptors (Lipinski definition) is 3. The third kappa shape index (κ3) is 3.81. The van der Waals surface area contributed by atoms with Gasteiger partial charge in [-0.2, -0.15) is 0 Å². The second-order valence-corrected chi connectivity index (χ2v) is 4.00. The molecule has 1 aromatic rings. The van der Waals surface area contributed by atoms with Crippen LogP contribution in [0.2, 0.25) is 0 Å². The first-order valence-corrected chi connectivity index (χ1v) is 5.97. The zero-order chi connectivity index (χ0) is 12.0. The van der Waals surface area contributed by atoms with E-state index in [0.29, 0.717) is 6.61 Å². The van der Waals surface area contributed by atoms with Crippen LogP contribution in [0.4, 0.5) is 8.78 Å². The summed E-state index contributed by atoms with van der Waals surface area (Å²) in [5.74, 6) is -1.66. The van der Waals surface area contributed by atoms with E-state index in [0.717, 1.165) is 6.07 Å². The number of rotatable bonds is 5. The van der Waals surface area contributed by atoms with Gasteiger partial charge in [-0.15, -0.1) is 11.8 Å². The molecule has 0 bridgehead atoms. The molecule has 0 saturated heterocycles. The van der Waals surface area contributed by atoms with Crippen LogP contribution in [0.25, 0.3) is 0 Å². The lowest BCUT2D eigenvalue weighted by molar-refractivity contribution is -0.139. The van der Waals surface area contributed by atoms with Gasteiger partial charge in [0.25, 0.3) is 0 Å². The Morgan fingerprint density at radius 1 is 1.44 bits per heavy atom. The molecule has 0 aliphatic carbocycles. The summed E-state index contributed by atoms with van der Waals surface area (Å²) < 4.78 is 30.7. The summed E-state index contributed by atoms with van der Waals surface area (Å²) >= 11 is 1.20. The van der Waals surface area contributed by atoms with Crippen LogP contribution in [-0.2, 0) is 15.3 Å². The quantitative estimate of drug-likeness (QED) is 0.747. The summed E-state index contributed by atoms with van der Waals surface area (Å²) in [4.78, 5) is 11.0. The Morgan fingerprint density at radius 3 is 2.88 bits per heavy atom. The molecule has 16 heavy (non-hydrogen) atoms. The molecule has 0 N–H and O–H groups in total. The molecule has 0 unspecified atom stereocenters. The Balaban J connectivity index is 2.43. The monoisotopic (exact) mass is 246 g/mol. The van der Waals surface area contributed by atoms with Crippen LogP contribution in [0.1, 0.15) is 12.5 Å². The van der Waals surface area contributed by atoms with E-state index in [1.54, 1.807) is 6.92 Å². The zero-order valence-corrected chi connectivity index (χ0v) is 9.65. The lowest BCUT2D eigenvalue weighted by atomic mass is 10.2.